The first-order valence-corrected chi connectivity index (χ1v) is 9.03. The van der Waals surface area contributed by atoms with Crippen LogP contribution in [0.3, 0.4) is 0 Å². The molecule has 112 valence electrons. The summed E-state index contributed by atoms with van der Waals surface area (Å²) in [6.45, 7) is 0. The van der Waals surface area contributed by atoms with Crippen molar-refractivity contribution < 1.29 is 0 Å². The van der Waals surface area contributed by atoms with E-state index in [1.54, 1.807) is 11.1 Å². The normalized spacial score (nSPS) is 39.1. The Kier molecular flexibility index (Phi) is 2.93. The summed E-state index contributed by atoms with van der Waals surface area (Å²) >= 11 is 0. The third-order valence-corrected chi connectivity index (χ3v) is 6.98. The van der Waals surface area contributed by atoms with Crippen LogP contribution >= 0.6 is 0 Å². The van der Waals surface area contributed by atoms with E-state index in [-0.39, 0.29) is 0 Å². The monoisotopic (exact) mass is 288 g/mol. The lowest BCUT2D eigenvalue weighted by Crippen LogP contribution is -2.33. The lowest BCUT2D eigenvalue weighted by molar-refractivity contribution is 0.168. The molecule has 2 aromatic carbocycles. The molecule has 0 heteroatoms. The van der Waals surface area contributed by atoms with Crippen LogP contribution in [-0.2, 0) is 0 Å². The van der Waals surface area contributed by atoms with Gasteiger partial charge in [0.1, 0.15) is 0 Å². The number of rotatable bonds is 2. The van der Waals surface area contributed by atoms with Crippen molar-refractivity contribution in [3.63, 3.8) is 0 Å². The van der Waals surface area contributed by atoms with E-state index in [1.165, 1.54) is 25.7 Å². The standard InChI is InChI=1S/C22H24/c1-3-7-15(8-4-1)21-17-11-12-18(21)20-14-13-19(17)22(20)16-9-5-2-6-10-16/h1-10,17-22H,11-14H2/t17-,18-,19+,20+,21?,22?. The zero-order chi connectivity index (χ0) is 14.5. The molecule has 4 atom stereocenters. The second kappa shape index (κ2) is 4.98. The maximum Gasteiger partial charge on any atom is -0.00995 e. The van der Waals surface area contributed by atoms with Gasteiger partial charge in [-0.1, -0.05) is 60.7 Å². The summed E-state index contributed by atoms with van der Waals surface area (Å²) in [5.74, 6) is 5.40. The van der Waals surface area contributed by atoms with Crippen molar-refractivity contribution in [2.75, 3.05) is 0 Å². The van der Waals surface area contributed by atoms with Crippen molar-refractivity contribution in [3.05, 3.63) is 71.8 Å². The van der Waals surface area contributed by atoms with Crippen molar-refractivity contribution in [3.8, 4) is 0 Å². The van der Waals surface area contributed by atoms with Crippen molar-refractivity contribution in [2.24, 2.45) is 23.7 Å². The zero-order valence-electron chi connectivity index (χ0n) is 13.1. The van der Waals surface area contributed by atoms with Crippen LogP contribution in [0.1, 0.15) is 48.6 Å². The van der Waals surface area contributed by atoms with E-state index in [2.05, 4.69) is 60.7 Å². The van der Waals surface area contributed by atoms with Crippen molar-refractivity contribution in [1.29, 1.82) is 0 Å². The van der Waals surface area contributed by atoms with Gasteiger partial charge in [-0.25, -0.2) is 0 Å². The molecule has 0 N–H and O–H groups in total. The highest BCUT2D eigenvalue weighted by atomic mass is 14.6. The molecule has 22 heavy (non-hydrogen) atoms. The first kappa shape index (κ1) is 12.9. The summed E-state index contributed by atoms with van der Waals surface area (Å²) in [5, 5.41) is 0. The van der Waals surface area contributed by atoms with Gasteiger partial charge in [-0.3, -0.25) is 0 Å². The van der Waals surface area contributed by atoms with Gasteiger partial charge in [0.15, 0.2) is 0 Å². The maximum atomic E-state index is 2.39. The molecule has 3 saturated carbocycles. The highest BCUT2D eigenvalue weighted by Gasteiger charge is 2.57. The van der Waals surface area contributed by atoms with Crippen LogP contribution in [0.4, 0.5) is 0 Å². The zero-order valence-corrected chi connectivity index (χ0v) is 13.1. The van der Waals surface area contributed by atoms with Gasteiger partial charge >= 0.3 is 0 Å². The Morgan fingerprint density at radius 3 is 1.09 bits per heavy atom. The second-order valence-corrected chi connectivity index (χ2v) is 7.68. The van der Waals surface area contributed by atoms with E-state index in [1.807, 2.05) is 0 Å². The smallest absolute Gasteiger partial charge is 0.00995 e. The first-order valence-electron chi connectivity index (χ1n) is 9.03. The molecular weight excluding hydrogens is 264 g/mol. The van der Waals surface area contributed by atoms with E-state index < -0.39 is 0 Å². The molecule has 3 fully saturated rings. The highest BCUT2D eigenvalue weighted by molar-refractivity contribution is 5.31. The Labute approximate surface area is 133 Å². The van der Waals surface area contributed by atoms with Crippen LogP contribution in [0.25, 0.3) is 0 Å². The van der Waals surface area contributed by atoms with Gasteiger partial charge in [0.2, 0.25) is 0 Å². The summed E-state index contributed by atoms with van der Waals surface area (Å²) < 4.78 is 0. The third-order valence-electron chi connectivity index (χ3n) is 6.98. The van der Waals surface area contributed by atoms with Crippen molar-refractivity contribution in [2.45, 2.75) is 37.5 Å². The Bertz CT molecular complexity index is 565. The lowest BCUT2D eigenvalue weighted by Gasteiger charge is -2.42. The van der Waals surface area contributed by atoms with Gasteiger partial charge in [-0.05, 0) is 72.3 Å². The molecule has 0 nitrogen and oxygen atoms in total. The summed E-state index contributed by atoms with van der Waals surface area (Å²) in [6, 6.07) is 22.8. The predicted octanol–water partition coefficient (Wildman–Crippen LogP) is 5.62. The molecule has 2 aromatic rings. The topological polar surface area (TPSA) is 0 Å². The van der Waals surface area contributed by atoms with Gasteiger partial charge < -0.3 is 0 Å². The number of benzene rings is 2. The van der Waals surface area contributed by atoms with E-state index >= 15 is 0 Å². The lowest BCUT2D eigenvalue weighted by atomic mass is 9.62. The molecule has 5 rings (SSSR count). The van der Waals surface area contributed by atoms with E-state index in [9.17, 15) is 0 Å². The van der Waals surface area contributed by atoms with E-state index in [0.29, 0.717) is 0 Å². The van der Waals surface area contributed by atoms with E-state index in [0.717, 1.165) is 35.5 Å². The molecule has 3 aliphatic carbocycles. The minimum Gasteiger partial charge on any atom is -0.0622 e. The first-order chi connectivity index (χ1) is 10.9. The minimum absolute atomic E-state index is 0.846. The molecule has 0 amide bonds. The maximum absolute atomic E-state index is 2.39. The molecule has 0 spiro atoms. The van der Waals surface area contributed by atoms with Crippen molar-refractivity contribution in [1.82, 2.24) is 0 Å². The highest BCUT2D eigenvalue weighted by Crippen LogP contribution is 2.67. The Hall–Kier alpha value is -1.56. The fraction of sp³-hybridized carbons (Fsp3) is 0.455. The van der Waals surface area contributed by atoms with Crippen LogP contribution in [0.15, 0.2) is 60.7 Å². The van der Waals surface area contributed by atoms with Crippen LogP contribution in [0, 0.1) is 23.7 Å². The van der Waals surface area contributed by atoms with Gasteiger partial charge in [0, 0.05) is 0 Å². The summed E-state index contributed by atoms with van der Waals surface area (Å²) in [6.07, 6.45) is 5.87. The SMILES string of the molecule is c1ccc(C2[C@H]3CC[C@H]2[C@H]2CC[C@H]3C2c2ccccc2)cc1. The quantitative estimate of drug-likeness (QED) is 0.672. The van der Waals surface area contributed by atoms with Gasteiger partial charge in [-0.2, -0.15) is 0 Å². The fourth-order valence-electron chi connectivity index (χ4n) is 6.38. The molecule has 0 heterocycles. The summed E-state index contributed by atoms with van der Waals surface area (Å²) in [4.78, 5) is 0. The molecule has 4 bridgehead atoms. The molecule has 0 saturated heterocycles. The second-order valence-electron chi connectivity index (χ2n) is 7.68. The summed E-state index contributed by atoms with van der Waals surface area (Å²) in [5.41, 5.74) is 3.25. The van der Waals surface area contributed by atoms with Gasteiger partial charge in [0.25, 0.3) is 0 Å². The van der Waals surface area contributed by atoms with E-state index in [4.69, 9.17) is 0 Å². The van der Waals surface area contributed by atoms with Crippen LogP contribution in [-0.4, -0.2) is 0 Å². The number of hydrogen-bond acceptors (Lipinski definition) is 0. The van der Waals surface area contributed by atoms with Crippen LogP contribution in [0.2, 0.25) is 0 Å². The molecule has 0 unspecified atom stereocenters. The largest absolute Gasteiger partial charge is 0.0622 e. The molecule has 0 radical (unpaired) electrons. The average molecular weight is 288 g/mol. The predicted molar refractivity (Wildman–Crippen MR) is 90.8 cm³/mol. The minimum atomic E-state index is 0.846. The van der Waals surface area contributed by atoms with Crippen LogP contribution < -0.4 is 0 Å². The Morgan fingerprint density at radius 2 is 0.773 bits per heavy atom. The van der Waals surface area contributed by atoms with Crippen molar-refractivity contribution >= 4 is 0 Å². The number of hydrogen-bond donors (Lipinski definition) is 0. The molecular formula is C22H24. The Balaban J connectivity index is 1.55. The molecule has 3 aliphatic rings. The van der Waals surface area contributed by atoms with Gasteiger partial charge in [-0.15, -0.1) is 0 Å². The third kappa shape index (κ3) is 1.76. The molecule has 0 aromatic heterocycles. The van der Waals surface area contributed by atoms with Crippen LogP contribution in [0.5, 0.6) is 0 Å². The fourth-order valence-corrected chi connectivity index (χ4v) is 6.38. The number of fused-ring (bicyclic) bond motifs is 6. The molecule has 0 aliphatic heterocycles. The average Bonchev–Trinajstić information content (AvgIpc) is 3.11. The summed E-state index contributed by atoms with van der Waals surface area (Å²) in [7, 11) is 0. The Morgan fingerprint density at radius 1 is 0.455 bits per heavy atom. The van der Waals surface area contributed by atoms with Gasteiger partial charge in [0.05, 0.1) is 0 Å².